The molecule has 0 bridgehead atoms. The zero-order chi connectivity index (χ0) is 22.8. The van der Waals surface area contributed by atoms with Crippen LogP contribution in [0.2, 0.25) is 15.1 Å². The van der Waals surface area contributed by atoms with E-state index >= 15 is 0 Å². The molecule has 1 N–H and O–H groups in total. The summed E-state index contributed by atoms with van der Waals surface area (Å²) in [7, 11) is 0. The third-order valence-electron chi connectivity index (χ3n) is 4.77. The predicted octanol–water partition coefficient (Wildman–Crippen LogP) is 6.21. The van der Waals surface area contributed by atoms with Crippen LogP contribution in [-0.4, -0.2) is 35.1 Å². The SMILES string of the molecule is CCCNC(=O)[C@@H](CC)N(Cc1ccccc1Cl)C(=O)CSCc1c(Cl)cccc1Cl. The summed E-state index contributed by atoms with van der Waals surface area (Å²) in [6, 6.07) is 12.1. The summed E-state index contributed by atoms with van der Waals surface area (Å²) in [4.78, 5) is 27.6. The van der Waals surface area contributed by atoms with Gasteiger partial charge in [-0.1, -0.05) is 72.9 Å². The number of thioether (sulfide) groups is 1. The van der Waals surface area contributed by atoms with Gasteiger partial charge in [-0.15, -0.1) is 11.8 Å². The maximum absolute atomic E-state index is 13.2. The minimum atomic E-state index is -0.570. The molecule has 0 radical (unpaired) electrons. The zero-order valence-electron chi connectivity index (χ0n) is 17.7. The molecule has 4 nitrogen and oxygen atoms in total. The number of carbonyl (C=O) groups excluding carboxylic acids is 2. The lowest BCUT2D eigenvalue weighted by Gasteiger charge is -2.31. The summed E-state index contributed by atoms with van der Waals surface area (Å²) in [5.41, 5.74) is 1.60. The summed E-state index contributed by atoms with van der Waals surface area (Å²) < 4.78 is 0. The molecule has 0 fully saturated rings. The van der Waals surface area contributed by atoms with E-state index in [-0.39, 0.29) is 24.1 Å². The monoisotopic (exact) mass is 500 g/mol. The lowest BCUT2D eigenvalue weighted by atomic mass is 10.1. The summed E-state index contributed by atoms with van der Waals surface area (Å²) in [5.74, 6) is 0.419. The van der Waals surface area contributed by atoms with Crippen molar-refractivity contribution in [3.63, 3.8) is 0 Å². The lowest BCUT2D eigenvalue weighted by Crippen LogP contribution is -2.49. The Hall–Kier alpha value is -1.40. The van der Waals surface area contributed by atoms with Crippen molar-refractivity contribution in [1.82, 2.24) is 10.2 Å². The molecule has 0 aliphatic carbocycles. The number of nitrogens with zero attached hydrogens (tertiary/aromatic N) is 1. The molecule has 0 saturated carbocycles. The van der Waals surface area contributed by atoms with Crippen molar-refractivity contribution in [2.24, 2.45) is 0 Å². The highest BCUT2D eigenvalue weighted by atomic mass is 35.5. The van der Waals surface area contributed by atoms with E-state index in [2.05, 4.69) is 5.32 Å². The van der Waals surface area contributed by atoms with E-state index in [4.69, 9.17) is 34.8 Å². The molecular formula is C23H27Cl3N2O2S. The fourth-order valence-electron chi connectivity index (χ4n) is 3.09. The second-order valence-electron chi connectivity index (χ2n) is 7.02. The summed E-state index contributed by atoms with van der Waals surface area (Å²) >= 11 is 20.2. The number of amides is 2. The molecule has 0 unspecified atom stereocenters. The first kappa shape index (κ1) is 25.9. The summed E-state index contributed by atoms with van der Waals surface area (Å²) in [6.07, 6.45) is 1.34. The highest BCUT2D eigenvalue weighted by molar-refractivity contribution is 7.99. The number of carbonyl (C=O) groups is 2. The molecule has 2 rings (SSSR count). The highest BCUT2D eigenvalue weighted by Gasteiger charge is 2.28. The van der Waals surface area contributed by atoms with E-state index in [1.807, 2.05) is 32.0 Å². The van der Waals surface area contributed by atoms with Gasteiger partial charge in [-0.05, 0) is 42.2 Å². The molecule has 0 aliphatic rings. The Morgan fingerprint density at radius 3 is 2.26 bits per heavy atom. The fourth-order valence-corrected chi connectivity index (χ4v) is 4.93. The van der Waals surface area contributed by atoms with Crippen molar-refractivity contribution in [2.75, 3.05) is 12.3 Å². The van der Waals surface area contributed by atoms with Gasteiger partial charge in [0.25, 0.3) is 0 Å². The van der Waals surface area contributed by atoms with Gasteiger partial charge in [-0.2, -0.15) is 0 Å². The minimum absolute atomic E-state index is 0.133. The van der Waals surface area contributed by atoms with Crippen LogP contribution in [0.25, 0.3) is 0 Å². The van der Waals surface area contributed by atoms with Crippen molar-refractivity contribution >= 4 is 58.4 Å². The quantitative estimate of drug-likeness (QED) is 0.398. The number of nitrogens with one attached hydrogen (secondary N) is 1. The molecular weight excluding hydrogens is 475 g/mol. The average molecular weight is 502 g/mol. The smallest absolute Gasteiger partial charge is 0.242 e. The first-order chi connectivity index (χ1) is 14.9. The predicted molar refractivity (Wildman–Crippen MR) is 132 cm³/mol. The largest absolute Gasteiger partial charge is 0.354 e. The first-order valence-electron chi connectivity index (χ1n) is 10.2. The normalized spacial score (nSPS) is 11.8. The molecule has 0 saturated heterocycles. The van der Waals surface area contributed by atoms with Crippen molar-refractivity contribution in [2.45, 2.75) is 45.0 Å². The molecule has 1 atom stereocenters. The minimum Gasteiger partial charge on any atom is -0.354 e. The van der Waals surface area contributed by atoms with Gasteiger partial charge in [0.2, 0.25) is 11.8 Å². The van der Waals surface area contributed by atoms with Gasteiger partial charge >= 0.3 is 0 Å². The number of benzene rings is 2. The Morgan fingerprint density at radius 2 is 1.65 bits per heavy atom. The molecule has 0 spiro atoms. The van der Waals surface area contributed by atoms with E-state index in [1.165, 1.54) is 11.8 Å². The summed E-state index contributed by atoms with van der Waals surface area (Å²) in [6.45, 7) is 4.73. The first-order valence-corrected chi connectivity index (χ1v) is 12.5. The lowest BCUT2D eigenvalue weighted by molar-refractivity contribution is -0.139. The number of hydrogen-bond acceptors (Lipinski definition) is 3. The molecule has 8 heteroatoms. The summed E-state index contributed by atoms with van der Waals surface area (Å²) in [5, 5.41) is 4.63. The maximum atomic E-state index is 13.2. The second-order valence-corrected chi connectivity index (χ2v) is 9.23. The maximum Gasteiger partial charge on any atom is 0.242 e. The van der Waals surface area contributed by atoms with E-state index in [0.29, 0.717) is 33.8 Å². The van der Waals surface area contributed by atoms with Gasteiger partial charge in [-0.3, -0.25) is 9.59 Å². The van der Waals surface area contributed by atoms with Crippen LogP contribution in [-0.2, 0) is 21.9 Å². The van der Waals surface area contributed by atoms with Crippen LogP contribution in [0.1, 0.15) is 37.8 Å². The average Bonchev–Trinajstić information content (AvgIpc) is 2.75. The van der Waals surface area contributed by atoms with E-state index in [9.17, 15) is 9.59 Å². The van der Waals surface area contributed by atoms with Crippen LogP contribution in [0, 0.1) is 0 Å². The number of hydrogen-bond donors (Lipinski definition) is 1. The second kappa shape index (κ2) is 13.2. The standard InChI is InChI=1S/C23H27Cl3N2O2S/c1-3-12-27-23(30)21(4-2)28(13-16-8-5-6-9-18(16)24)22(29)15-31-14-17-19(25)10-7-11-20(17)26/h5-11,21H,3-4,12-15H2,1-2H3,(H,27,30)/t21-/m1/s1. The molecule has 0 aromatic heterocycles. The van der Waals surface area contributed by atoms with Crippen molar-refractivity contribution in [3.05, 3.63) is 68.7 Å². The molecule has 31 heavy (non-hydrogen) atoms. The molecule has 2 amide bonds. The Kier molecular flexibility index (Phi) is 11.0. The topological polar surface area (TPSA) is 49.4 Å². The van der Waals surface area contributed by atoms with Gasteiger partial charge in [0.05, 0.1) is 5.75 Å². The third kappa shape index (κ3) is 7.60. The number of halogens is 3. The molecule has 2 aromatic rings. The van der Waals surface area contributed by atoms with Crippen LogP contribution in [0.3, 0.4) is 0 Å². The molecule has 2 aromatic carbocycles. The highest BCUT2D eigenvalue weighted by Crippen LogP contribution is 2.28. The van der Waals surface area contributed by atoms with E-state index < -0.39 is 6.04 Å². The molecule has 0 aliphatic heterocycles. The van der Waals surface area contributed by atoms with Gasteiger partial charge < -0.3 is 10.2 Å². The van der Waals surface area contributed by atoms with Crippen molar-refractivity contribution in [3.8, 4) is 0 Å². The molecule has 168 valence electrons. The van der Waals surface area contributed by atoms with Gasteiger partial charge in [0.1, 0.15) is 6.04 Å². The zero-order valence-corrected chi connectivity index (χ0v) is 20.8. The van der Waals surface area contributed by atoms with Crippen LogP contribution in [0.4, 0.5) is 0 Å². The number of rotatable bonds is 11. The fraction of sp³-hybridized carbons (Fsp3) is 0.391. The third-order valence-corrected chi connectivity index (χ3v) is 6.79. The Morgan fingerprint density at radius 1 is 1.00 bits per heavy atom. The van der Waals surface area contributed by atoms with Crippen molar-refractivity contribution in [1.29, 1.82) is 0 Å². The Balaban J connectivity index is 2.16. The van der Waals surface area contributed by atoms with E-state index in [1.54, 1.807) is 29.2 Å². The van der Waals surface area contributed by atoms with Gasteiger partial charge in [0, 0.05) is 33.9 Å². The van der Waals surface area contributed by atoms with Gasteiger partial charge in [0.15, 0.2) is 0 Å². The van der Waals surface area contributed by atoms with Gasteiger partial charge in [-0.25, -0.2) is 0 Å². The van der Waals surface area contributed by atoms with Crippen molar-refractivity contribution < 1.29 is 9.59 Å². The van der Waals surface area contributed by atoms with Crippen LogP contribution < -0.4 is 5.32 Å². The molecule has 0 heterocycles. The van der Waals surface area contributed by atoms with Crippen LogP contribution in [0.15, 0.2) is 42.5 Å². The van der Waals surface area contributed by atoms with Crippen LogP contribution >= 0.6 is 46.6 Å². The Bertz CT molecular complexity index is 875. The van der Waals surface area contributed by atoms with E-state index in [0.717, 1.165) is 17.5 Å². The Labute approximate surface area is 203 Å². The van der Waals surface area contributed by atoms with Crippen LogP contribution in [0.5, 0.6) is 0 Å².